The largest absolute Gasteiger partial charge is 0.396 e. The van der Waals surface area contributed by atoms with Crippen LogP contribution in [-0.2, 0) is 11.5 Å². The van der Waals surface area contributed by atoms with Gasteiger partial charge in [-0.05, 0) is 25.3 Å². The van der Waals surface area contributed by atoms with Crippen molar-refractivity contribution >= 4 is 28.4 Å². The molecule has 0 bridgehead atoms. The number of aliphatic hydroxyl groups is 1. The van der Waals surface area contributed by atoms with Gasteiger partial charge in [0.2, 0.25) is 0 Å². The molecule has 2 aromatic rings. The molecule has 0 radical (unpaired) electrons. The number of aromatic nitrogens is 1. The number of fused-ring (bicyclic) bond motifs is 2. The second kappa shape index (κ2) is 6.46. The van der Waals surface area contributed by atoms with Gasteiger partial charge in [-0.2, -0.15) is 11.8 Å². The summed E-state index contributed by atoms with van der Waals surface area (Å²) in [7, 11) is 0. The summed E-state index contributed by atoms with van der Waals surface area (Å²) < 4.78 is 0. The molecule has 0 atom stereocenters. The van der Waals surface area contributed by atoms with Crippen LogP contribution in [0.25, 0.3) is 10.9 Å². The van der Waals surface area contributed by atoms with E-state index in [0.29, 0.717) is 6.61 Å². The Kier molecular flexibility index (Phi) is 4.43. The molecule has 2 heterocycles. The Balaban J connectivity index is 1.84. The van der Waals surface area contributed by atoms with Gasteiger partial charge in [0, 0.05) is 41.3 Å². The number of unbranched alkanes of at least 4 members (excludes halogenated alkanes) is 2. The molecule has 3 nitrogen and oxygen atoms in total. The van der Waals surface area contributed by atoms with Gasteiger partial charge in [-0.3, -0.25) is 4.98 Å². The van der Waals surface area contributed by atoms with Gasteiger partial charge in [0.25, 0.3) is 0 Å². The molecule has 0 aliphatic carbocycles. The fraction of sp³-hybridized carbons (Fsp3) is 0.438. The van der Waals surface area contributed by atoms with Crippen LogP contribution in [0.1, 0.15) is 30.5 Å². The summed E-state index contributed by atoms with van der Waals surface area (Å²) in [5.74, 6) is 2.09. The third-order valence-electron chi connectivity index (χ3n) is 3.70. The molecule has 0 saturated carbocycles. The zero-order valence-corrected chi connectivity index (χ0v) is 12.4. The number of para-hydroxylation sites is 1. The van der Waals surface area contributed by atoms with Gasteiger partial charge in [0.15, 0.2) is 0 Å². The van der Waals surface area contributed by atoms with Gasteiger partial charge >= 0.3 is 0 Å². The normalized spacial score (nSPS) is 13.7. The van der Waals surface area contributed by atoms with Crippen LogP contribution in [-0.4, -0.2) is 23.2 Å². The highest BCUT2D eigenvalue weighted by Crippen LogP contribution is 2.37. The highest BCUT2D eigenvalue weighted by molar-refractivity contribution is 7.98. The monoisotopic (exact) mass is 288 g/mol. The average molecular weight is 288 g/mol. The molecule has 0 saturated heterocycles. The van der Waals surface area contributed by atoms with Crippen LogP contribution in [0, 0.1) is 0 Å². The maximum absolute atomic E-state index is 8.82. The Morgan fingerprint density at radius 1 is 1.15 bits per heavy atom. The number of aliphatic hydroxyl groups excluding tert-OH is 1. The molecular formula is C16H20N2OS. The van der Waals surface area contributed by atoms with Gasteiger partial charge in [0.05, 0.1) is 11.2 Å². The van der Waals surface area contributed by atoms with Crippen molar-refractivity contribution in [1.29, 1.82) is 0 Å². The summed E-state index contributed by atoms with van der Waals surface area (Å²) in [5.41, 5.74) is 4.99. The molecule has 0 unspecified atom stereocenters. The van der Waals surface area contributed by atoms with Crippen LogP contribution in [0.3, 0.4) is 0 Å². The highest BCUT2D eigenvalue weighted by atomic mass is 32.2. The van der Waals surface area contributed by atoms with E-state index in [1.165, 1.54) is 22.3 Å². The fourth-order valence-corrected chi connectivity index (χ4v) is 3.71. The van der Waals surface area contributed by atoms with Crippen molar-refractivity contribution in [1.82, 2.24) is 4.98 Å². The van der Waals surface area contributed by atoms with Crippen LogP contribution in [0.5, 0.6) is 0 Å². The summed E-state index contributed by atoms with van der Waals surface area (Å²) >= 11 is 1.94. The first kappa shape index (κ1) is 13.7. The van der Waals surface area contributed by atoms with E-state index < -0.39 is 0 Å². The van der Waals surface area contributed by atoms with Gasteiger partial charge in [0.1, 0.15) is 0 Å². The first-order valence-corrected chi connectivity index (χ1v) is 8.38. The lowest BCUT2D eigenvalue weighted by Gasteiger charge is -2.14. The molecule has 20 heavy (non-hydrogen) atoms. The number of anilines is 1. The van der Waals surface area contributed by atoms with Crippen LogP contribution in [0.4, 0.5) is 5.69 Å². The number of pyridine rings is 1. The maximum Gasteiger partial charge on any atom is 0.0726 e. The Morgan fingerprint density at radius 3 is 2.95 bits per heavy atom. The number of nitrogens with one attached hydrogen (secondary N) is 1. The van der Waals surface area contributed by atoms with Crippen molar-refractivity contribution in [3.63, 3.8) is 0 Å². The van der Waals surface area contributed by atoms with Crippen molar-refractivity contribution < 1.29 is 5.11 Å². The number of nitrogens with zero attached hydrogens (tertiary/aromatic N) is 1. The number of benzene rings is 1. The van der Waals surface area contributed by atoms with Crippen molar-refractivity contribution in [3.8, 4) is 0 Å². The lowest BCUT2D eigenvalue weighted by Crippen LogP contribution is -2.06. The van der Waals surface area contributed by atoms with E-state index in [2.05, 4.69) is 29.6 Å². The zero-order chi connectivity index (χ0) is 13.8. The van der Waals surface area contributed by atoms with E-state index in [1.54, 1.807) is 0 Å². The van der Waals surface area contributed by atoms with Gasteiger partial charge in [-0.25, -0.2) is 0 Å². The maximum atomic E-state index is 8.82. The molecule has 1 aromatic carbocycles. The molecular weight excluding hydrogens is 268 g/mol. The van der Waals surface area contributed by atoms with E-state index in [4.69, 9.17) is 10.1 Å². The molecule has 2 N–H and O–H groups in total. The van der Waals surface area contributed by atoms with Gasteiger partial charge < -0.3 is 10.4 Å². The molecule has 0 fully saturated rings. The summed E-state index contributed by atoms with van der Waals surface area (Å²) in [6, 6.07) is 8.38. The van der Waals surface area contributed by atoms with E-state index in [0.717, 1.165) is 42.8 Å². The van der Waals surface area contributed by atoms with E-state index in [1.807, 2.05) is 11.8 Å². The quantitative estimate of drug-likeness (QED) is 0.798. The van der Waals surface area contributed by atoms with Gasteiger partial charge in [-0.1, -0.05) is 18.2 Å². The Bertz CT molecular complexity index is 600. The van der Waals surface area contributed by atoms with Crippen LogP contribution in [0.2, 0.25) is 0 Å². The summed E-state index contributed by atoms with van der Waals surface area (Å²) in [5, 5.41) is 13.7. The van der Waals surface area contributed by atoms with Crippen molar-refractivity contribution in [2.24, 2.45) is 0 Å². The topological polar surface area (TPSA) is 45.1 Å². The molecule has 0 amide bonds. The lowest BCUT2D eigenvalue weighted by molar-refractivity contribution is 0.283. The zero-order valence-electron chi connectivity index (χ0n) is 11.6. The standard InChI is InChI=1S/C16H20N2OS/c19-9-5-1-4-8-17-16-12-6-2-3-7-14(12)18-15-11-20-10-13(15)16/h2-3,6-7,19H,1,4-5,8-11H2,(H,17,18). The predicted octanol–water partition coefficient (Wildman–Crippen LogP) is 3.56. The first-order chi connectivity index (χ1) is 9.90. The third-order valence-corrected chi connectivity index (χ3v) is 4.67. The molecule has 0 spiro atoms. The Labute approximate surface area is 123 Å². The first-order valence-electron chi connectivity index (χ1n) is 7.23. The minimum absolute atomic E-state index is 0.296. The Morgan fingerprint density at radius 2 is 2.05 bits per heavy atom. The second-order valence-electron chi connectivity index (χ2n) is 5.13. The number of hydrogen-bond donors (Lipinski definition) is 2. The Hall–Kier alpha value is -1.26. The highest BCUT2D eigenvalue weighted by Gasteiger charge is 2.19. The van der Waals surface area contributed by atoms with Crippen LogP contribution < -0.4 is 5.32 Å². The smallest absolute Gasteiger partial charge is 0.0726 e. The third kappa shape index (κ3) is 2.76. The van der Waals surface area contributed by atoms with E-state index >= 15 is 0 Å². The number of hydrogen-bond acceptors (Lipinski definition) is 4. The molecule has 1 aliphatic heterocycles. The molecule has 4 heteroatoms. The van der Waals surface area contributed by atoms with Crippen molar-refractivity contribution in [3.05, 3.63) is 35.5 Å². The van der Waals surface area contributed by atoms with Crippen LogP contribution >= 0.6 is 11.8 Å². The molecule has 106 valence electrons. The number of thioether (sulfide) groups is 1. The summed E-state index contributed by atoms with van der Waals surface area (Å²) in [6.45, 7) is 1.26. The summed E-state index contributed by atoms with van der Waals surface area (Å²) in [6.07, 6.45) is 3.06. The SMILES string of the molecule is OCCCCCNc1c2c(nc3ccccc13)CSC2. The fourth-order valence-electron chi connectivity index (χ4n) is 2.66. The second-order valence-corrected chi connectivity index (χ2v) is 6.12. The number of rotatable bonds is 6. The summed E-state index contributed by atoms with van der Waals surface area (Å²) in [4.78, 5) is 4.78. The average Bonchev–Trinajstić information content (AvgIpc) is 2.94. The molecule has 3 rings (SSSR count). The van der Waals surface area contributed by atoms with E-state index in [-0.39, 0.29) is 0 Å². The van der Waals surface area contributed by atoms with Gasteiger partial charge in [-0.15, -0.1) is 0 Å². The van der Waals surface area contributed by atoms with Crippen molar-refractivity contribution in [2.75, 3.05) is 18.5 Å². The van der Waals surface area contributed by atoms with E-state index in [9.17, 15) is 0 Å². The minimum Gasteiger partial charge on any atom is -0.396 e. The lowest BCUT2D eigenvalue weighted by atomic mass is 10.1. The molecule has 1 aliphatic rings. The minimum atomic E-state index is 0.296. The predicted molar refractivity (Wildman–Crippen MR) is 86.2 cm³/mol. The van der Waals surface area contributed by atoms with Crippen molar-refractivity contribution in [2.45, 2.75) is 30.8 Å². The molecule has 1 aromatic heterocycles. The van der Waals surface area contributed by atoms with Crippen LogP contribution in [0.15, 0.2) is 24.3 Å².